The summed E-state index contributed by atoms with van der Waals surface area (Å²) in [5.74, 6) is -0.930. The standard InChI is InChI=1S/C26H29FN2O3S/c1-19(2)17-24(21-9-5-4-6-10-21)28-26(30)18-29(25-12-8-7-11-23(25)27)33(31,32)22-15-13-20(3)14-16-22/h4-16,19,24H,17-18H2,1-3H3,(H,28,30)/t24-/m1/s1. The lowest BCUT2D eigenvalue weighted by Crippen LogP contribution is -2.42. The van der Waals surface area contributed by atoms with Gasteiger partial charge in [-0.05, 0) is 49.1 Å². The molecule has 0 aromatic heterocycles. The average molecular weight is 469 g/mol. The first-order valence-electron chi connectivity index (χ1n) is 10.9. The van der Waals surface area contributed by atoms with Crippen molar-refractivity contribution in [2.75, 3.05) is 10.8 Å². The van der Waals surface area contributed by atoms with Gasteiger partial charge in [-0.3, -0.25) is 9.10 Å². The molecule has 3 aromatic rings. The summed E-state index contributed by atoms with van der Waals surface area (Å²) in [7, 11) is -4.18. The van der Waals surface area contributed by atoms with E-state index in [-0.39, 0.29) is 16.6 Å². The Morgan fingerprint density at radius 2 is 1.55 bits per heavy atom. The largest absolute Gasteiger partial charge is 0.348 e. The minimum atomic E-state index is -4.18. The molecular weight excluding hydrogens is 439 g/mol. The zero-order chi connectivity index (χ0) is 24.0. The number of carbonyl (C=O) groups excluding carboxylic acids is 1. The number of hydrogen-bond donors (Lipinski definition) is 1. The van der Waals surface area contributed by atoms with Crippen LogP contribution in [0.5, 0.6) is 0 Å². The fourth-order valence-corrected chi connectivity index (χ4v) is 5.03. The zero-order valence-corrected chi connectivity index (χ0v) is 19.8. The normalized spacial score (nSPS) is 12.4. The first-order chi connectivity index (χ1) is 15.7. The summed E-state index contributed by atoms with van der Waals surface area (Å²) in [4.78, 5) is 13.1. The highest BCUT2D eigenvalue weighted by atomic mass is 32.2. The van der Waals surface area contributed by atoms with Gasteiger partial charge in [0.1, 0.15) is 12.4 Å². The van der Waals surface area contributed by atoms with E-state index in [1.165, 1.54) is 30.3 Å². The molecule has 0 unspecified atom stereocenters. The predicted octanol–water partition coefficient (Wildman–Crippen LogP) is 5.23. The van der Waals surface area contributed by atoms with Crippen molar-refractivity contribution in [3.05, 3.63) is 95.8 Å². The van der Waals surface area contributed by atoms with E-state index in [0.29, 0.717) is 12.3 Å². The van der Waals surface area contributed by atoms with Crippen molar-refractivity contribution in [1.82, 2.24) is 5.32 Å². The maximum Gasteiger partial charge on any atom is 0.264 e. The van der Waals surface area contributed by atoms with E-state index >= 15 is 0 Å². The van der Waals surface area contributed by atoms with Crippen LogP contribution in [0, 0.1) is 18.7 Å². The van der Waals surface area contributed by atoms with Gasteiger partial charge in [0, 0.05) is 0 Å². The monoisotopic (exact) mass is 468 g/mol. The number of benzene rings is 3. The Labute approximate surface area is 195 Å². The van der Waals surface area contributed by atoms with E-state index in [0.717, 1.165) is 15.4 Å². The zero-order valence-electron chi connectivity index (χ0n) is 19.0. The van der Waals surface area contributed by atoms with Crippen molar-refractivity contribution >= 4 is 21.6 Å². The fraction of sp³-hybridized carbons (Fsp3) is 0.269. The molecule has 174 valence electrons. The second kappa shape index (κ2) is 10.6. The van der Waals surface area contributed by atoms with E-state index in [4.69, 9.17) is 0 Å². The maximum atomic E-state index is 14.7. The lowest BCUT2D eigenvalue weighted by atomic mass is 9.97. The third-order valence-corrected chi connectivity index (χ3v) is 7.04. The number of amides is 1. The van der Waals surface area contributed by atoms with Crippen LogP contribution in [0.1, 0.15) is 37.4 Å². The highest BCUT2D eigenvalue weighted by Gasteiger charge is 2.30. The molecular formula is C26H29FN2O3S. The van der Waals surface area contributed by atoms with Crippen LogP contribution in [0.25, 0.3) is 0 Å². The summed E-state index contributed by atoms with van der Waals surface area (Å²) < 4.78 is 42.4. The summed E-state index contributed by atoms with van der Waals surface area (Å²) in [6.45, 7) is 5.40. The molecule has 5 nitrogen and oxygen atoms in total. The van der Waals surface area contributed by atoms with E-state index in [2.05, 4.69) is 19.2 Å². The van der Waals surface area contributed by atoms with Crippen LogP contribution in [0.4, 0.5) is 10.1 Å². The van der Waals surface area contributed by atoms with Crippen molar-refractivity contribution in [2.24, 2.45) is 5.92 Å². The van der Waals surface area contributed by atoms with Crippen molar-refractivity contribution in [2.45, 2.75) is 38.1 Å². The van der Waals surface area contributed by atoms with Gasteiger partial charge in [-0.25, -0.2) is 12.8 Å². The Hall–Kier alpha value is -3.19. The van der Waals surface area contributed by atoms with E-state index in [1.807, 2.05) is 37.3 Å². The topological polar surface area (TPSA) is 66.5 Å². The molecule has 3 aromatic carbocycles. The quantitative estimate of drug-likeness (QED) is 0.467. The molecule has 0 aliphatic rings. The Balaban J connectivity index is 1.94. The van der Waals surface area contributed by atoms with Crippen LogP contribution in [-0.4, -0.2) is 20.9 Å². The van der Waals surface area contributed by atoms with Crippen molar-refractivity contribution in [3.8, 4) is 0 Å². The highest BCUT2D eigenvalue weighted by Crippen LogP contribution is 2.27. The number of nitrogens with one attached hydrogen (secondary N) is 1. The number of aryl methyl sites for hydroxylation is 1. The number of anilines is 1. The Kier molecular flexibility index (Phi) is 7.87. The summed E-state index contributed by atoms with van der Waals surface area (Å²) in [5, 5.41) is 2.95. The summed E-state index contributed by atoms with van der Waals surface area (Å²) >= 11 is 0. The van der Waals surface area contributed by atoms with Crippen molar-refractivity contribution in [3.63, 3.8) is 0 Å². The Bertz CT molecular complexity index is 1180. The smallest absolute Gasteiger partial charge is 0.264 e. The molecule has 1 atom stereocenters. The maximum absolute atomic E-state index is 14.7. The second-order valence-electron chi connectivity index (χ2n) is 8.44. The van der Waals surface area contributed by atoms with Crippen LogP contribution in [0.2, 0.25) is 0 Å². The Morgan fingerprint density at radius 3 is 2.15 bits per heavy atom. The molecule has 1 amide bonds. The van der Waals surface area contributed by atoms with Gasteiger partial charge in [0.15, 0.2) is 0 Å². The van der Waals surface area contributed by atoms with Gasteiger partial charge in [-0.2, -0.15) is 0 Å². The molecule has 3 rings (SSSR count). The van der Waals surface area contributed by atoms with E-state index in [1.54, 1.807) is 18.2 Å². The van der Waals surface area contributed by atoms with Crippen molar-refractivity contribution < 1.29 is 17.6 Å². The van der Waals surface area contributed by atoms with Gasteiger partial charge in [0.25, 0.3) is 10.0 Å². The van der Waals surface area contributed by atoms with E-state index < -0.39 is 28.3 Å². The van der Waals surface area contributed by atoms with Crippen LogP contribution in [-0.2, 0) is 14.8 Å². The number of hydrogen-bond acceptors (Lipinski definition) is 3. The molecule has 0 bridgehead atoms. The summed E-state index contributed by atoms with van der Waals surface area (Å²) in [6.07, 6.45) is 0.681. The van der Waals surface area contributed by atoms with Crippen LogP contribution < -0.4 is 9.62 Å². The minimum absolute atomic E-state index is 0.00839. The van der Waals surface area contributed by atoms with Crippen molar-refractivity contribution in [1.29, 1.82) is 0 Å². The van der Waals surface area contributed by atoms with Gasteiger partial charge >= 0.3 is 0 Å². The molecule has 0 spiro atoms. The van der Waals surface area contributed by atoms with Gasteiger partial charge < -0.3 is 5.32 Å². The van der Waals surface area contributed by atoms with Crippen LogP contribution >= 0.6 is 0 Å². The van der Waals surface area contributed by atoms with Crippen LogP contribution in [0.15, 0.2) is 83.8 Å². The summed E-state index contributed by atoms with van der Waals surface area (Å²) in [5.41, 5.74) is 1.65. The molecule has 0 saturated carbocycles. The summed E-state index contributed by atoms with van der Waals surface area (Å²) in [6, 6.07) is 21.0. The fourth-order valence-electron chi connectivity index (χ4n) is 3.60. The Morgan fingerprint density at radius 1 is 0.939 bits per heavy atom. The highest BCUT2D eigenvalue weighted by molar-refractivity contribution is 7.92. The molecule has 0 radical (unpaired) electrons. The molecule has 0 aliphatic heterocycles. The molecule has 0 saturated heterocycles. The first kappa shape index (κ1) is 24.5. The van der Waals surface area contributed by atoms with Crippen LogP contribution in [0.3, 0.4) is 0 Å². The number of sulfonamides is 1. The lowest BCUT2D eigenvalue weighted by Gasteiger charge is -2.27. The van der Waals surface area contributed by atoms with Gasteiger partial charge in [-0.1, -0.05) is 74.0 Å². The van der Waals surface area contributed by atoms with E-state index in [9.17, 15) is 17.6 Å². The molecule has 1 N–H and O–H groups in total. The second-order valence-corrected chi connectivity index (χ2v) is 10.3. The lowest BCUT2D eigenvalue weighted by molar-refractivity contribution is -0.120. The molecule has 0 fully saturated rings. The first-order valence-corrected chi connectivity index (χ1v) is 12.3. The van der Waals surface area contributed by atoms with Gasteiger partial charge in [-0.15, -0.1) is 0 Å². The predicted molar refractivity (Wildman–Crippen MR) is 129 cm³/mol. The SMILES string of the molecule is Cc1ccc(S(=O)(=O)N(CC(=O)N[C@H](CC(C)C)c2ccccc2)c2ccccc2F)cc1. The van der Waals surface area contributed by atoms with Gasteiger partial charge in [0.05, 0.1) is 16.6 Å². The number of rotatable bonds is 9. The molecule has 7 heteroatoms. The third kappa shape index (κ3) is 6.20. The minimum Gasteiger partial charge on any atom is -0.348 e. The number of nitrogens with zero attached hydrogens (tertiary/aromatic N) is 1. The van der Waals surface area contributed by atoms with Gasteiger partial charge in [0.2, 0.25) is 5.91 Å². The number of carbonyl (C=O) groups is 1. The molecule has 0 heterocycles. The number of para-hydroxylation sites is 1. The third-order valence-electron chi connectivity index (χ3n) is 5.26. The number of halogens is 1. The molecule has 33 heavy (non-hydrogen) atoms. The average Bonchev–Trinajstić information content (AvgIpc) is 2.78. The molecule has 0 aliphatic carbocycles.